The molecular formula is C39H75N9O10. The molecule has 0 radical (unpaired) electrons. The molecule has 0 aromatic rings. The summed E-state index contributed by atoms with van der Waals surface area (Å²) >= 11 is 0. The van der Waals surface area contributed by atoms with Gasteiger partial charge >= 0.3 is 30.0 Å². The van der Waals surface area contributed by atoms with E-state index < -0.39 is 64.1 Å². The van der Waals surface area contributed by atoms with E-state index >= 15 is 0 Å². The van der Waals surface area contributed by atoms with Gasteiger partial charge in [-0.25, -0.2) is 24.0 Å². The molecule has 336 valence electrons. The van der Waals surface area contributed by atoms with E-state index in [-0.39, 0.29) is 52.4 Å². The van der Waals surface area contributed by atoms with E-state index in [4.69, 9.17) is 36.1 Å². The number of methoxy groups -OCH3 is 1. The molecule has 58 heavy (non-hydrogen) atoms. The highest BCUT2D eigenvalue weighted by atomic mass is 16.6. The van der Waals surface area contributed by atoms with Crippen LogP contribution in [0.5, 0.6) is 0 Å². The van der Waals surface area contributed by atoms with E-state index in [0.717, 1.165) is 32.8 Å². The number of nitrogens with zero attached hydrogens (tertiary/aromatic N) is 2. The second kappa shape index (κ2) is 25.6. The monoisotopic (exact) mass is 830 g/mol. The number of amides is 5. The topological polar surface area (TPSA) is 272 Å². The molecule has 1 fully saturated rings. The number of hydrazine groups is 2. The summed E-state index contributed by atoms with van der Waals surface area (Å²) in [5, 5.41) is 5.24. The predicted octanol–water partition coefficient (Wildman–Crippen LogP) is 2.45. The first-order valence-electron chi connectivity index (χ1n) is 21.0. The first-order chi connectivity index (χ1) is 27.4. The molecule has 19 nitrogen and oxygen atoms in total. The van der Waals surface area contributed by atoms with Gasteiger partial charge in [-0.3, -0.25) is 21.4 Å². The van der Waals surface area contributed by atoms with Crippen LogP contribution in [0.2, 0.25) is 0 Å². The zero-order valence-corrected chi connectivity index (χ0v) is 36.4. The molecule has 1 heterocycles. The van der Waals surface area contributed by atoms with Crippen LogP contribution in [0, 0.1) is 5.92 Å². The van der Waals surface area contributed by atoms with Crippen molar-refractivity contribution in [3.05, 3.63) is 0 Å². The number of urea groups is 2. The summed E-state index contributed by atoms with van der Waals surface area (Å²) in [7, 11) is 0.971. The number of esters is 3. The normalized spacial score (nSPS) is 16.8. The molecule has 0 spiro atoms. The Morgan fingerprint density at radius 3 is 1.59 bits per heavy atom. The van der Waals surface area contributed by atoms with Crippen molar-refractivity contribution >= 4 is 35.9 Å². The quantitative estimate of drug-likeness (QED) is 0.0217. The summed E-state index contributed by atoms with van der Waals surface area (Å²) in [6.07, 6.45) is 12.1. The zero-order valence-electron chi connectivity index (χ0n) is 36.4. The molecule has 1 rings (SSSR count). The van der Waals surface area contributed by atoms with Crippen molar-refractivity contribution < 1.29 is 47.7 Å². The number of hydrogen-bond acceptors (Lipinski definition) is 14. The van der Waals surface area contributed by atoms with Gasteiger partial charge in [-0.1, -0.05) is 89.1 Å². The standard InChI is InChI=1S/C39H75N9O10/c1-9-13-14-15-16-17-18-19-20-21-22-23-24-29(30(49)47-25-27-56-28-26-47)37(40,31(50)55-8)38(41,32(51)57-12-4)39(42,33(52)58-36(5,6)7)48(45-34(53)43-10-2)46-35(54)44-11-3/h29H,9-28,40-42H2,1-8H3,(H2,43,45,53)(H2,44,46,54). The Morgan fingerprint density at radius 2 is 1.17 bits per heavy atom. The van der Waals surface area contributed by atoms with Gasteiger partial charge in [0.15, 0.2) is 11.1 Å². The molecule has 0 aromatic carbocycles. The molecule has 4 unspecified atom stereocenters. The van der Waals surface area contributed by atoms with E-state index in [2.05, 4.69) is 28.4 Å². The van der Waals surface area contributed by atoms with Crippen molar-refractivity contribution in [3.8, 4) is 0 Å². The second-order valence-electron chi connectivity index (χ2n) is 15.6. The van der Waals surface area contributed by atoms with Crippen LogP contribution in [0.3, 0.4) is 0 Å². The van der Waals surface area contributed by atoms with Crippen LogP contribution < -0.4 is 38.7 Å². The predicted molar refractivity (Wildman–Crippen MR) is 218 cm³/mol. The molecule has 19 heteroatoms. The van der Waals surface area contributed by atoms with Gasteiger partial charge in [0.05, 0.1) is 32.8 Å². The molecule has 4 atom stereocenters. The van der Waals surface area contributed by atoms with E-state index in [1.54, 1.807) is 13.8 Å². The second-order valence-corrected chi connectivity index (χ2v) is 15.6. The van der Waals surface area contributed by atoms with Gasteiger partial charge in [0.2, 0.25) is 11.6 Å². The van der Waals surface area contributed by atoms with Crippen LogP contribution in [0.1, 0.15) is 132 Å². The molecule has 1 saturated heterocycles. The Balaban J connectivity index is 4.04. The van der Waals surface area contributed by atoms with Crippen molar-refractivity contribution in [2.75, 3.05) is 53.1 Å². The molecule has 0 saturated carbocycles. The van der Waals surface area contributed by atoms with Crippen LogP contribution in [0.25, 0.3) is 0 Å². The highest BCUT2D eigenvalue weighted by Crippen LogP contribution is 2.41. The molecule has 0 bridgehead atoms. The smallest absolute Gasteiger partial charge is 0.348 e. The number of carbonyl (C=O) groups excluding carboxylic acids is 6. The lowest BCUT2D eigenvalue weighted by Crippen LogP contribution is -2.94. The van der Waals surface area contributed by atoms with Gasteiger partial charge in [-0.15, -0.1) is 0 Å². The molecule has 10 N–H and O–H groups in total. The summed E-state index contributed by atoms with van der Waals surface area (Å²) in [6, 6.07) is -2.05. The Kier molecular flexibility index (Phi) is 23.1. The van der Waals surface area contributed by atoms with Crippen LogP contribution >= 0.6 is 0 Å². The number of nitrogens with one attached hydrogen (secondary N) is 4. The van der Waals surface area contributed by atoms with E-state index in [9.17, 15) is 28.8 Å². The Morgan fingerprint density at radius 1 is 0.707 bits per heavy atom. The van der Waals surface area contributed by atoms with Gasteiger partial charge in [-0.05, 0) is 48.0 Å². The van der Waals surface area contributed by atoms with E-state index in [1.807, 2.05) is 0 Å². The minimum atomic E-state index is -3.38. The lowest BCUT2D eigenvalue weighted by atomic mass is 9.61. The Bertz CT molecular complexity index is 1290. The van der Waals surface area contributed by atoms with E-state index in [1.165, 1.54) is 71.1 Å². The van der Waals surface area contributed by atoms with Crippen LogP contribution in [0.15, 0.2) is 0 Å². The Labute approximate surface area is 345 Å². The van der Waals surface area contributed by atoms with Gasteiger partial charge in [0, 0.05) is 26.2 Å². The number of carbonyl (C=O) groups is 6. The SMILES string of the molecule is CCCCCCCCCCCCCCC(C(=O)N1CCOCC1)C(N)(C(=O)OC)C(N)(C(=O)OCC)C(N)(C(=O)OC(C)(C)C)N(NC(=O)NCC)NC(=O)NCC. The maximum Gasteiger partial charge on any atom is 0.348 e. The van der Waals surface area contributed by atoms with Gasteiger partial charge in [0.25, 0.3) is 0 Å². The summed E-state index contributed by atoms with van der Waals surface area (Å²) in [5.74, 6) is -6.85. The minimum Gasteiger partial charge on any atom is -0.468 e. The van der Waals surface area contributed by atoms with Gasteiger partial charge in [0.1, 0.15) is 5.60 Å². The molecular weight excluding hydrogens is 754 g/mol. The third-order valence-electron chi connectivity index (χ3n) is 10.1. The van der Waals surface area contributed by atoms with Crippen LogP contribution in [0.4, 0.5) is 9.59 Å². The van der Waals surface area contributed by atoms with Crippen molar-refractivity contribution in [3.63, 3.8) is 0 Å². The third kappa shape index (κ3) is 14.2. The van der Waals surface area contributed by atoms with E-state index in [0.29, 0.717) is 18.0 Å². The first kappa shape index (κ1) is 52.2. The minimum absolute atomic E-state index is 0.0641. The number of nitrogens with two attached hydrogens (primary N) is 3. The highest BCUT2D eigenvalue weighted by molar-refractivity contribution is 6.05. The fourth-order valence-electron chi connectivity index (χ4n) is 6.96. The highest BCUT2D eigenvalue weighted by Gasteiger charge is 2.77. The van der Waals surface area contributed by atoms with Crippen molar-refractivity contribution in [1.82, 2.24) is 31.5 Å². The van der Waals surface area contributed by atoms with Crippen molar-refractivity contribution in [2.45, 2.75) is 154 Å². The zero-order chi connectivity index (χ0) is 44.0. The molecule has 5 amide bonds. The molecule has 0 aromatic heterocycles. The molecule has 1 aliphatic heterocycles. The maximum atomic E-state index is 14.8. The van der Waals surface area contributed by atoms with Gasteiger partial charge < -0.3 is 45.9 Å². The summed E-state index contributed by atoms with van der Waals surface area (Å²) in [4.78, 5) is 86.6. The number of unbranched alkanes of at least 4 members (excludes halogenated alkanes) is 11. The number of morpholine rings is 1. The number of ether oxygens (including phenoxy) is 4. The average molecular weight is 830 g/mol. The van der Waals surface area contributed by atoms with Crippen LogP contribution in [-0.2, 0) is 38.1 Å². The van der Waals surface area contributed by atoms with Crippen LogP contribution in [-0.4, -0.2) is 121 Å². The Hall–Kier alpha value is -3.78. The first-order valence-corrected chi connectivity index (χ1v) is 21.0. The summed E-state index contributed by atoms with van der Waals surface area (Å²) in [5.41, 5.74) is 14.8. The summed E-state index contributed by atoms with van der Waals surface area (Å²) < 4.78 is 21.9. The molecule has 1 aliphatic rings. The van der Waals surface area contributed by atoms with Crippen molar-refractivity contribution in [2.24, 2.45) is 23.1 Å². The van der Waals surface area contributed by atoms with Crippen molar-refractivity contribution in [1.29, 1.82) is 0 Å². The fraction of sp³-hybridized carbons (Fsp3) is 0.846. The lowest BCUT2D eigenvalue weighted by molar-refractivity contribution is -0.200. The number of rotatable bonds is 26. The summed E-state index contributed by atoms with van der Waals surface area (Å²) in [6.45, 7) is 11.6. The third-order valence-corrected chi connectivity index (χ3v) is 10.1. The average Bonchev–Trinajstić information content (AvgIpc) is 3.17. The largest absolute Gasteiger partial charge is 0.468 e. The van der Waals surface area contributed by atoms with Gasteiger partial charge in [-0.2, -0.15) is 0 Å². The fourth-order valence-corrected chi connectivity index (χ4v) is 6.96. The maximum absolute atomic E-state index is 14.8. The lowest BCUT2D eigenvalue weighted by Gasteiger charge is -2.55. The molecule has 0 aliphatic carbocycles. The number of hydrogen-bond donors (Lipinski definition) is 7.